The van der Waals surface area contributed by atoms with Crippen molar-refractivity contribution in [3.05, 3.63) is 66.4 Å². The fourth-order valence-electron chi connectivity index (χ4n) is 2.83. The van der Waals surface area contributed by atoms with Crippen molar-refractivity contribution in [1.29, 1.82) is 0 Å². The highest BCUT2D eigenvalue weighted by Crippen LogP contribution is 2.23. The number of nitrogens with one attached hydrogen (secondary N) is 3. The molecule has 2 aromatic carbocycles. The lowest BCUT2D eigenvalue weighted by Crippen LogP contribution is -2.28. The molecule has 1 atom stereocenters. The second-order valence-corrected chi connectivity index (χ2v) is 7.34. The van der Waals surface area contributed by atoms with Gasteiger partial charge in [-0.1, -0.05) is 48.2 Å². The van der Waals surface area contributed by atoms with Gasteiger partial charge in [0.1, 0.15) is 5.25 Å². The van der Waals surface area contributed by atoms with Crippen molar-refractivity contribution in [2.24, 2.45) is 10.2 Å². The first kappa shape index (κ1) is 18.0. The summed E-state index contributed by atoms with van der Waals surface area (Å²) in [6, 6.07) is 17.0. The van der Waals surface area contributed by atoms with E-state index < -0.39 is 5.25 Å². The first-order valence-electron chi connectivity index (χ1n) is 8.68. The molecule has 1 aliphatic rings. The maximum atomic E-state index is 12.1. The molecule has 28 heavy (non-hydrogen) atoms. The van der Waals surface area contributed by atoms with E-state index >= 15 is 0 Å². The molecule has 0 bridgehead atoms. The van der Waals surface area contributed by atoms with E-state index in [4.69, 9.17) is 0 Å². The van der Waals surface area contributed by atoms with Crippen molar-refractivity contribution < 1.29 is 9.59 Å². The van der Waals surface area contributed by atoms with Crippen LogP contribution in [0.1, 0.15) is 12.0 Å². The highest BCUT2D eigenvalue weighted by Gasteiger charge is 2.32. The van der Waals surface area contributed by atoms with Gasteiger partial charge in [0.25, 0.3) is 0 Å². The third-order valence-corrected chi connectivity index (χ3v) is 5.24. The van der Waals surface area contributed by atoms with Gasteiger partial charge in [0.2, 0.25) is 11.8 Å². The van der Waals surface area contributed by atoms with E-state index in [1.54, 1.807) is 18.3 Å². The Balaban J connectivity index is 1.36. The molecule has 140 valence electrons. The van der Waals surface area contributed by atoms with Crippen LogP contribution >= 0.6 is 11.8 Å². The summed E-state index contributed by atoms with van der Waals surface area (Å²) in [6.45, 7) is 0. The van der Waals surface area contributed by atoms with Gasteiger partial charge >= 0.3 is 0 Å². The van der Waals surface area contributed by atoms with E-state index in [1.165, 1.54) is 11.8 Å². The number of rotatable bonds is 5. The van der Waals surface area contributed by atoms with Gasteiger partial charge in [0, 0.05) is 34.8 Å². The Bertz CT molecular complexity index is 1070. The van der Waals surface area contributed by atoms with Gasteiger partial charge in [0.05, 0.1) is 6.21 Å². The first-order valence-corrected chi connectivity index (χ1v) is 9.56. The van der Waals surface area contributed by atoms with E-state index in [-0.39, 0.29) is 18.2 Å². The van der Waals surface area contributed by atoms with E-state index in [2.05, 4.69) is 25.8 Å². The molecule has 1 unspecified atom stereocenters. The van der Waals surface area contributed by atoms with E-state index in [1.807, 2.05) is 48.7 Å². The van der Waals surface area contributed by atoms with Crippen LogP contribution in [0.5, 0.6) is 0 Å². The Hall–Kier alpha value is -3.39. The number of aromatic amines is 1. The molecule has 7 nitrogen and oxygen atoms in total. The van der Waals surface area contributed by atoms with Gasteiger partial charge in [0.15, 0.2) is 5.17 Å². The maximum absolute atomic E-state index is 12.1. The van der Waals surface area contributed by atoms with Gasteiger partial charge in [-0.25, -0.2) is 0 Å². The quantitative estimate of drug-likeness (QED) is 0.460. The number of hydrogen-bond acceptors (Lipinski definition) is 5. The number of nitrogens with zero attached hydrogens (tertiary/aromatic N) is 2. The van der Waals surface area contributed by atoms with Crippen molar-refractivity contribution in [2.45, 2.75) is 11.7 Å². The van der Waals surface area contributed by atoms with E-state index in [9.17, 15) is 9.59 Å². The second kappa shape index (κ2) is 8.10. The summed E-state index contributed by atoms with van der Waals surface area (Å²) in [5.74, 6) is -0.461. The van der Waals surface area contributed by atoms with Crippen molar-refractivity contribution in [2.75, 3.05) is 5.32 Å². The average Bonchev–Trinajstić information content (AvgIpc) is 3.26. The number of benzene rings is 2. The number of H-pyrrole nitrogens is 1. The largest absolute Gasteiger partial charge is 0.361 e. The van der Waals surface area contributed by atoms with Crippen LogP contribution in [0.2, 0.25) is 0 Å². The van der Waals surface area contributed by atoms with Crippen LogP contribution in [-0.4, -0.2) is 33.4 Å². The standard InChI is InChI=1S/C20H17N5O2S/c26-18(23-14-6-2-1-3-7-14)10-17-19(27)24-20(28-17)25-22-12-13-11-21-16-9-5-4-8-15(13)16/h1-9,11-12,17,21H,10H2,(H,23,26)(H,24,25,27)/b22-12+. The monoisotopic (exact) mass is 391 g/mol. The predicted molar refractivity (Wildman–Crippen MR) is 113 cm³/mol. The number of amidine groups is 1. The SMILES string of the molecule is O=C(CC1SC(=N/N=C/c2c[nH]c3ccccc23)NC1=O)Nc1ccccc1. The summed E-state index contributed by atoms with van der Waals surface area (Å²) in [6.07, 6.45) is 3.55. The molecule has 4 rings (SSSR count). The molecule has 1 fully saturated rings. The van der Waals surface area contributed by atoms with Crippen molar-refractivity contribution in [1.82, 2.24) is 10.3 Å². The number of para-hydroxylation sites is 2. The first-order chi connectivity index (χ1) is 13.7. The van der Waals surface area contributed by atoms with Crippen LogP contribution < -0.4 is 10.6 Å². The van der Waals surface area contributed by atoms with Crippen molar-refractivity contribution in [3.63, 3.8) is 0 Å². The molecule has 1 saturated heterocycles. The van der Waals surface area contributed by atoms with Crippen LogP contribution in [0.3, 0.4) is 0 Å². The van der Waals surface area contributed by atoms with Crippen LogP contribution in [0.15, 0.2) is 71.0 Å². The molecule has 0 spiro atoms. The number of thioether (sulfide) groups is 1. The van der Waals surface area contributed by atoms with Crippen LogP contribution in [0.25, 0.3) is 10.9 Å². The highest BCUT2D eigenvalue weighted by molar-refractivity contribution is 8.15. The summed E-state index contributed by atoms with van der Waals surface area (Å²) in [5, 5.41) is 14.5. The Morgan fingerprint density at radius 3 is 2.79 bits per heavy atom. The number of fused-ring (bicyclic) bond motifs is 1. The summed E-state index contributed by atoms with van der Waals surface area (Å²) >= 11 is 1.21. The van der Waals surface area contributed by atoms with Crippen molar-refractivity contribution in [3.8, 4) is 0 Å². The fraction of sp³-hybridized carbons (Fsp3) is 0.100. The molecular formula is C20H17N5O2S. The van der Waals surface area contributed by atoms with E-state index in [0.29, 0.717) is 10.9 Å². The third kappa shape index (κ3) is 4.12. The lowest BCUT2D eigenvalue weighted by molar-refractivity contribution is -0.122. The molecule has 3 N–H and O–H groups in total. The van der Waals surface area contributed by atoms with Gasteiger partial charge in [-0.05, 0) is 18.2 Å². The van der Waals surface area contributed by atoms with Crippen LogP contribution in [0.4, 0.5) is 5.69 Å². The normalized spacial score (nSPS) is 18.1. The van der Waals surface area contributed by atoms with Gasteiger partial charge in [-0.2, -0.15) is 5.10 Å². The van der Waals surface area contributed by atoms with Gasteiger partial charge < -0.3 is 15.6 Å². The Labute approximate surface area is 165 Å². The van der Waals surface area contributed by atoms with Gasteiger partial charge in [-0.15, -0.1) is 5.10 Å². The molecule has 0 saturated carbocycles. The zero-order valence-electron chi connectivity index (χ0n) is 14.8. The Morgan fingerprint density at radius 2 is 1.93 bits per heavy atom. The number of carbonyl (C=O) groups is 2. The van der Waals surface area contributed by atoms with E-state index in [0.717, 1.165) is 16.5 Å². The summed E-state index contributed by atoms with van der Waals surface area (Å²) in [7, 11) is 0. The molecule has 8 heteroatoms. The summed E-state index contributed by atoms with van der Waals surface area (Å²) < 4.78 is 0. The minimum atomic E-state index is -0.522. The lowest BCUT2D eigenvalue weighted by atomic mass is 10.2. The molecule has 0 aliphatic carbocycles. The zero-order valence-corrected chi connectivity index (χ0v) is 15.6. The molecule has 0 radical (unpaired) electrons. The van der Waals surface area contributed by atoms with Crippen LogP contribution in [-0.2, 0) is 9.59 Å². The third-order valence-electron chi connectivity index (χ3n) is 4.17. The Morgan fingerprint density at radius 1 is 1.14 bits per heavy atom. The number of aromatic nitrogens is 1. The minimum Gasteiger partial charge on any atom is -0.361 e. The lowest BCUT2D eigenvalue weighted by Gasteiger charge is -2.06. The molecule has 1 aliphatic heterocycles. The number of carbonyl (C=O) groups excluding carboxylic acids is 2. The topological polar surface area (TPSA) is 98.7 Å². The van der Waals surface area contributed by atoms with Crippen LogP contribution in [0, 0.1) is 0 Å². The molecular weight excluding hydrogens is 374 g/mol. The molecule has 2 amide bonds. The smallest absolute Gasteiger partial charge is 0.240 e. The molecule has 1 aromatic heterocycles. The fourth-order valence-corrected chi connectivity index (χ4v) is 3.76. The number of hydrogen-bond donors (Lipinski definition) is 3. The number of anilines is 1. The second-order valence-electron chi connectivity index (χ2n) is 6.15. The molecule has 2 heterocycles. The average molecular weight is 391 g/mol. The number of amides is 2. The minimum absolute atomic E-state index is 0.0660. The van der Waals surface area contributed by atoms with Gasteiger partial charge in [-0.3, -0.25) is 9.59 Å². The van der Waals surface area contributed by atoms with Crippen molar-refractivity contribution >= 4 is 51.5 Å². The predicted octanol–water partition coefficient (Wildman–Crippen LogP) is 3.12. The highest BCUT2D eigenvalue weighted by atomic mass is 32.2. The molecule has 3 aromatic rings. The summed E-state index contributed by atoms with van der Waals surface area (Å²) in [4.78, 5) is 27.4. The summed E-state index contributed by atoms with van der Waals surface area (Å²) in [5.41, 5.74) is 2.63. The maximum Gasteiger partial charge on any atom is 0.240 e. The zero-order chi connectivity index (χ0) is 19.3. The Kier molecular flexibility index (Phi) is 5.20.